The van der Waals surface area contributed by atoms with Crippen LogP contribution >= 0.6 is 0 Å². The molecule has 2 heterocycles. The van der Waals surface area contributed by atoms with Crippen LogP contribution in [-0.4, -0.2) is 14.9 Å². The standard InChI is InChI=1S/C8H5N3O3/c12-8-6-3-5(11(13)14)4-10-7(6)1-2-9-8/h1-4H,(H,9,12). The third kappa shape index (κ3) is 1.22. The van der Waals surface area contributed by atoms with Crippen molar-refractivity contribution in [2.45, 2.75) is 0 Å². The molecule has 0 radical (unpaired) electrons. The van der Waals surface area contributed by atoms with Crippen LogP contribution in [-0.2, 0) is 0 Å². The maximum absolute atomic E-state index is 11.2. The molecule has 0 aliphatic heterocycles. The summed E-state index contributed by atoms with van der Waals surface area (Å²) in [5, 5.41) is 10.6. The van der Waals surface area contributed by atoms with E-state index in [-0.39, 0.29) is 16.6 Å². The van der Waals surface area contributed by atoms with Gasteiger partial charge < -0.3 is 4.98 Å². The monoisotopic (exact) mass is 191 g/mol. The molecular weight excluding hydrogens is 186 g/mol. The topological polar surface area (TPSA) is 88.9 Å². The lowest BCUT2D eigenvalue weighted by Gasteiger charge is -1.94. The average molecular weight is 191 g/mol. The Morgan fingerprint density at radius 2 is 2.29 bits per heavy atom. The number of fused-ring (bicyclic) bond motifs is 1. The van der Waals surface area contributed by atoms with Gasteiger partial charge in [-0.2, -0.15) is 0 Å². The minimum atomic E-state index is -0.584. The minimum absolute atomic E-state index is 0.186. The Hall–Kier alpha value is -2.24. The van der Waals surface area contributed by atoms with Gasteiger partial charge in [-0.15, -0.1) is 0 Å². The molecule has 6 heteroatoms. The van der Waals surface area contributed by atoms with Gasteiger partial charge in [0.25, 0.3) is 11.2 Å². The lowest BCUT2D eigenvalue weighted by atomic mass is 10.2. The first-order chi connectivity index (χ1) is 6.68. The highest BCUT2D eigenvalue weighted by atomic mass is 16.6. The minimum Gasteiger partial charge on any atom is -0.328 e. The van der Waals surface area contributed by atoms with Crippen LogP contribution in [0.2, 0.25) is 0 Å². The van der Waals surface area contributed by atoms with Gasteiger partial charge in [-0.3, -0.25) is 14.9 Å². The predicted molar refractivity (Wildman–Crippen MR) is 49.0 cm³/mol. The van der Waals surface area contributed by atoms with Crippen LogP contribution in [0.3, 0.4) is 0 Å². The fraction of sp³-hybridized carbons (Fsp3) is 0. The van der Waals surface area contributed by atoms with Gasteiger partial charge in [0, 0.05) is 12.3 Å². The molecule has 0 aliphatic carbocycles. The lowest BCUT2D eigenvalue weighted by Crippen LogP contribution is -2.05. The van der Waals surface area contributed by atoms with Crippen LogP contribution in [0.1, 0.15) is 0 Å². The number of nitrogens with one attached hydrogen (secondary N) is 1. The molecule has 6 nitrogen and oxygen atoms in total. The van der Waals surface area contributed by atoms with Gasteiger partial charge in [0.05, 0.1) is 15.8 Å². The smallest absolute Gasteiger partial charge is 0.288 e. The number of nitro groups is 1. The zero-order chi connectivity index (χ0) is 10.1. The maximum atomic E-state index is 11.2. The summed E-state index contributed by atoms with van der Waals surface area (Å²) < 4.78 is 0. The SMILES string of the molecule is O=c1[nH]ccc2ncc([N+](=O)[O-])cc12. The molecule has 0 spiro atoms. The highest BCUT2D eigenvalue weighted by molar-refractivity contribution is 5.78. The van der Waals surface area contributed by atoms with E-state index in [9.17, 15) is 14.9 Å². The molecule has 14 heavy (non-hydrogen) atoms. The van der Waals surface area contributed by atoms with Crippen LogP contribution in [0.15, 0.2) is 29.3 Å². The Balaban J connectivity index is 2.83. The molecule has 70 valence electrons. The van der Waals surface area contributed by atoms with Crippen molar-refractivity contribution in [2.75, 3.05) is 0 Å². The largest absolute Gasteiger partial charge is 0.328 e. The van der Waals surface area contributed by atoms with E-state index in [1.807, 2.05) is 0 Å². The normalized spacial score (nSPS) is 10.3. The number of hydrogen-bond acceptors (Lipinski definition) is 4. The molecular formula is C8H5N3O3. The van der Waals surface area contributed by atoms with E-state index in [2.05, 4.69) is 9.97 Å². The summed E-state index contributed by atoms with van der Waals surface area (Å²) in [6.07, 6.45) is 2.57. The van der Waals surface area contributed by atoms with E-state index in [0.717, 1.165) is 6.20 Å². The quantitative estimate of drug-likeness (QED) is 0.534. The fourth-order valence-electron chi connectivity index (χ4n) is 1.15. The number of nitrogens with zero attached hydrogens (tertiary/aromatic N) is 2. The summed E-state index contributed by atoms with van der Waals surface area (Å²) in [5.41, 5.74) is -0.118. The molecule has 0 bridgehead atoms. The van der Waals surface area contributed by atoms with Gasteiger partial charge >= 0.3 is 0 Å². The second kappa shape index (κ2) is 2.91. The Morgan fingerprint density at radius 1 is 1.50 bits per heavy atom. The number of aromatic nitrogens is 2. The van der Waals surface area contributed by atoms with Crippen molar-refractivity contribution < 1.29 is 4.92 Å². The molecule has 0 aliphatic rings. The van der Waals surface area contributed by atoms with Gasteiger partial charge in [0.15, 0.2) is 0 Å². The molecule has 2 aromatic rings. The number of H-pyrrole nitrogens is 1. The van der Waals surface area contributed by atoms with Crippen molar-refractivity contribution in [3.05, 3.63) is 45.0 Å². The summed E-state index contributed by atoms with van der Waals surface area (Å²) in [6.45, 7) is 0. The van der Waals surface area contributed by atoms with E-state index in [4.69, 9.17) is 0 Å². The number of hydrogen-bond donors (Lipinski definition) is 1. The van der Waals surface area contributed by atoms with Crippen LogP contribution in [0.25, 0.3) is 10.9 Å². The zero-order valence-electron chi connectivity index (χ0n) is 6.93. The van der Waals surface area contributed by atoms with Crippen LogP contribution in [0.4, 0.5) is 5.69 Å². The first-order valence-electron chi connectivity index (χ1n) is 3.80. The fourth-order valence-corrected chi connectivity index (χ4v) is 1.15. The van der Waals surface area contributed by atoms with Crippen LogP contribution in [0.5, 0.6) is 0 Å². The Labute approximate surface area is 77.4 Å². The molecule has 0 fully saturated rings. The Morgan fingerprint density at radius 3 is 3.00 bits per heavy atom. The molecule has 2 aromatic heterocycles. The first-order valence-corrected chi connectivity index (χ1v) is 3.80. The van der Waals surface area contributed by atoms with Crippen molar-refractivity contribution in [1.82, 2.24) is 9.97 Å². The highest BCUT2D eigenvalue weighted by Gasteiger charge is 2.08. The van der Waals surface area contributed by atoms with E-state index in [0.29, 0.717) is 5.52 Å². The Kier molecular flexibility index (Phi) is 1.74. The third-order valence-electron chi connectivity index (χ3n) is 1.82. The van der Waals surface area contributed by atoms with E-state index in [1.54, 1.807) is 6.07 Å². The van der Waals surface area contributed by atoms with Gasteiger partial charge in [0.2, 0.25) is 0 Å². The lowest BCUT2D eigenvalue weighted by molar-refractivity contribution is -0.385. The second-order valence-corrected chi connectivity index (χ2v) is 2.69. The maximum Gasteiger partial charge on any atom is 0.288 e. The zero-order valence-corrected chi connectivity index (χ0v) is 6.93. The summed E-state index contributed by atoms with van der Waals surface area (Å²) in [4.78, 5) is 27.3. The molecule has 0 unspecified atom stereocenters. The summed E-state index contributed by atoms with van der Waals surface area (Å²) in [6, 6.07) is 2.79. The van der Waals surface area contributed by atoms with Crippen molar-refractivity contribution in [3.8, 4) is 0 Å². The molecule has 0 atom stereocenters. The molecule has 0 amide bonds. The Bertz CT molecular complexity index is 561. The molecule has 0 saturated carbocycles. The summed E-state index contributed by atoms with van der Waals surface area (Å²) in [7, 11) is 0. The number of pyridine rings is 2. The number of aromatic amines is 1. The first kappa shape index (κ1) is 8.36. The molecule has 2 rings (SSSR count). The van der Waals surface area contributed by atoms with Crippen molar-refractivity contribution >= 4 is 16.6 Å². The van der Waals surface area contributed by atoms with E-state index >= 15 is 0 Å². The van der Waals surface area contributed by atoms with Crippen LogP contribution < -0.4 is 5.56 Å². The van der Waals surface area contributed by atoms with Gasteiger partial charge in [0.1, 0.15) is 6.20 Å². The van der Waals surface area contributed by atoms with E-state index < -0.39 is 4.92 Å². The highest BCUT2D eigenvalue weighted by Crippen LogP contribution is 2.13. The van der Waals surface area contributed by atoms with Gasteiger partial charge in [-0.1, -0.05) is 0 Å². The van der Waals surface area contributed by atoms with Gasteiger partial charge in [-0.05, 0) is 6.07 Å². The van der Waals surface area contributed by atoms with Crippen LogP contribution in [0, 0.1) is 10.1 Å². The average Bonchev–Trinajstić information content (AvgIpc) is 2.18. The number of rotatable bonds is 1. The van der Waals surface area contributed by atoms with Gasteiger partial charge in [-0.25, -0.2) is 4.98 Å². The molecule has 1 N–H and O–H groups in total. The van der Waals surface area contributed by atoms with Crippen molar-refractivity contribution in [3.63, 3.8) is 0 Å². The molecule has 0 saturated heterocycles. The second-order valence-electron chi connectivity index (χ2n) is 2.69. The summed E-state index contributed by atoms with van der Waals surface area (Å²) >= 11 is 0. The van der Waals surface area contributed by atoms with Crippen molar-refractivity contribution in [2.24, 2.45) is 0 Å². The third-order valence-corrected chi connectivity index (χ3v) is 1.82. The van der Waals surface area contributed by atoms with E-state index in [1.165, 1.54) is 12.3 Å². The predicted octanol–water partition coefficient (Wildman–Crippen LogP) is 0.831. The van der Waals surface area contributed by atoms with Crippen molar-refractivity contribution in [1.29, 1.82) is 0 Å². The molecule has 0 aromatic carbocycles. The summed E-state index contributed by atoms with van der Waals surface area (Å²) in [5.74, 6) is 0.